The molecule has 0 saturated heterocycles. The molecule has 0 aromatic heterocycles. The lowest BCUT2D eigenvalue weighted by molar-refractivity contribution is 1.06. The topological polar surface area (TPSA) is 0 Å². The summed E-state index contributed by atoms with van der Waals surface area (Å²) in [5, 5.41) is 15.4. The number of rotatable bonds is 5. The molecule has 0 bridgehead atoms. The van der Waals surface area contributed by atoms with Gasteiger partial charge in [-0.25, -0.2) is 0 Å². The molecule has 0 aliphatic heterocycles. The first-order valence-corrected chi connectivity index (χ1v) is 21.1. The number of fused-ring (bicyclic) bond motifs is 8. The molecule has 280 valence electrons. The van der Waals surface area contributed by atoms with Crippen molar-refractivity contribution in [2.75, 3.05) is 0 Å². The maximum Gasteiger partial charge on any atom is -0.00988 e. The molecule has 11 aromatic carbocycles. The Morgan fingerprint density at radius 2 is 0.700 bits per heavy atom. The van der Waals surface area contributed by atoms with Crippen LogP contribution in [0.5, 0.6) is 0 Å². The second kappa shape index (κ2) is 14.1. The zero-order valence-electron chi connectivity index (χ0n) is 33.2. The lowest BCUT2D eigenvalue weighted by Gasteiger charge is -2.18. The third kappa shape index (κ3) is 5.92. The molecule has 0 atom stereocenters. The number of allylic oxidation sites excluding steroid dienone is 4. The molecule has 0 spiro atoms. The van der Waals surface area contributed by atoms with Crippen molar-refractivity contribution in [2.24, 2.45) is 0 Å². The Labute approximate surface area is 350 Å². The van der Waals surface area contributed by atoms with Gasteiger partial charge in [-0.2, -0.15) is 0 Å². The van der Waals surface area contributed by atoms with Crippen molar-refractivity contribution in [3.63, 3.8) is 0 Å². The zero-order chi connectivity index (χ0) is 39.6. The highest BCUT2D eigenvalue weighted by atomic mass is 14.2. The molecular formula is C60H40. The molecule has 0 heterocycles. The summed E-state index contributed by atoms with van der Waals surface area (Å²) in [5.74, 6) is 0. The van der Waals surface area contributed by atoms with Crippen molar-refractivity contribution in [2.45, 2.75) is 12.8 Å². The number of hydrogen-bond acceptors (Lipinski definition) is 0. The van der Waals surface area contributed by atoms with Gasteiger partial charge in [0, 0.05) is 0 Å². The minimum Gasteiger partial charge on any atom is -0.0763 e. The fraction of sp³-hybridized carbons (Fsp3) is 0.0333. The van der Waals surface area contributed by atoms with Crippen molar-refractivity contribution in [1.29, 1.82) is 0 Å². The summed E-state index contributed by atoms with van der Waals surface area (Å²) in [7, 11) is 0. The fourth-order valence-corrected chi connectivity index (χ4v) is 9.80. The lowest BCUT2D eigenvalue weighted by Crippen LogP contribution is -1.95. The van der Waals surface area contributed by atoms with Gasteiger partial charge in [0.05, 0.1) is 0 Å². The van der Waals surface area contributed by atoms with E-state index in [-0.39, 0.29) is 0 Å². The molecule has 0 nitrogen and oxygen atoms in total. The molecule has 0 radical (unpaired) electrons. The lowest BCUT2D eigenvalue weighted by atomic mass is 9.86. The molecule has 0 fully saturated rings. The van der Waals surface area contributed by atoms with E-state index in [1.54, 1.807) is 0 Å². The molecule has 12 rings (SSSR count). The number of benzene rings is 11. The zero-order valence-corrected chi connectivity index (χ0v) is 33.2. The van der Waals surface area contributed by atoms with Crippen LogP contribution in [0.15, 0.2) is 218 Å². The van der Waals surface area contributed by atoms with Gasteiger partial charge < -0.3 is 0 Å². The van der Waals surface area contributed by atoms with E-state index in [1.165, 1.54) is 120 Å². The molecule has 0 N–H and O–H groups in total. The molecule has 60 heavy (non-hydrogen) atoms. The van der Waals surface area contributed by atoms with Crippen LogP contribution in [0.25, 0.3) is 109 Å². The van der Waals surface area contributed by atoms with Crippen LogP contribution in [0.2, 0.25) is 0 Å². The average molecular weight is 761 g/mol. The van der Waals surface area contributed by atoms with Gasteiger partial charge in [-0.1, -0.05) is 176 Å². The number of hydrogen-bond donors (Lipinski definition) is 0. The standard InChI is InChI=1S/C60H40/c1-3-17-53-51(11-1)37-59(57-21-7-5-19-55(53)57)49-15-9-13-39(35-49)41-23-25-45-33-47(29-27-43(45)31-41)48-30-28-44-32-42(24-26-46(44)34-48)40-14-10-16-50(36-40)60-38-52-12-2-4-18-54(52)56-20-6-8-22-58(56)60/h1-9,11-15,17-38H,10,16H2. The molecule has 0 amide bonds. The second-order valence-corrected chi connectivity index (χ2v) is 16.4. The van der Waals surface area contributed by atoms with Crippen molar-refractivity contribution < 1.29 is 0 Å². The van der Waals surface area contributed by atoms with Gasteiger partial charge in [-0.3, -0.25) is 0 Å². The van der Waals surface area contributed by atoms with Crippen LogP contribution >= 0.6 is 0 Å². The van der Waals surface area contributed by atoms with Crippen LogP contribution in [0.1, 0.15) is 24.0 Å². The van der Waals surface area contributed by atoms with E-state index in [2.05, 4.69) is 218 Å². The van der Waals surface area contributed by atoms with Gasteiger partial charge in [-0.15, -0.1) is 0 Å². The normalized spacial score (nSPS) is 13.1. The Balaban J connectivity index is 0.833. The monoisotopic (exact) mass is 760 g/mol. The first-order chi connectivity index (χ1) is 29.7. The van der Waals surface area contributed by atoms with Gasteiger partial charge in [0.1, 0.15) is 0 Å². The predicted molar refractivity (Wildman–Crippen MR) is 259 cm³/mol. The van der Waals surface area contributed by atoms with E-state index in [4.69, 9.17) is 0 Å². The van der Waals surface area contributed by atoms with Crippen LogP contribution in [0.3, 0.4) is 0 Å². The maximum atomic E-state index is 2.43. The summed E-state index contributed by atoms with van der Waals surface area (Å²) in [6, 6.07) is 76.5. The van der Waals surface area contributed by atoms with Crippen LogP contribution < -0.4 is 0 Å². The van der Waals surface area contributed by atoms with E-state index in [9.17, 15) is 0 Å². The molecule has 11 aromatic rings. The summed E-state index contributed by atoms with van der Waals surface area (Å²) < 4.78 is 0. The van der Waals surface area contributed by atoms with Crippen molar-refractivity contribution >= 4 is 75.8 Å². The largest absolute Gasteiger partial charge is 0.0763 e. The van der Waals surface area contributed by atoms with Gasteiger partial charge in [0.25, 0.3) is 0 Å². The summed E-state index contributed by atoms with van der Waals surface area (Å²) in [5.41, 5.74) is 12.8. The quantitative estimate of drug-likeness (QED) is 0.153. The molecule has 0 unspecified atom stereocenters. The van der Waals surface area contributed by atoms with Gasteiger partial charge in [-0.05, 0) is 176 Å². The fourth-order valence-electron chi connectivity index (χ4n) is 9.80. The third-order valence-corrected chi connectivity index (χ3v) is 12.8. The highest BCUT2D eigenvalue weighted by Crippen LogP contribution is 2.40. The van der Waals surface area contributed by atoms with E-state index >= 15 is 0 Å². The van der Waals surface area contributed by atoms with E-state index in [0.717, 1.165) is 12.8 Å². The van der Waals surface area contributed by atoms with Crippen LogP contribution in [0.4, 0.5) is 0 Å². The Morgan fingerprint density at radius 1 is 0.267 bits per heavy atom. The van der Waals surface area contributed by atoms with Gasteiger partial charge in [0.2, 0.25) is 0 Å². The van der Waals surface area contributed by atoms with Crippen LogP contribution in [0, 0.1) is 0 Å². The second-order valence-electron chi connectivity index (χ2n) is 16.4. The Hall–Kier alpha value is -7.54. The Bertz CT molecular complexity index is 3600. The highest BCUT2D eigenvalue weighted by Gasteiger charge is 2.15. The first kappa shape index (κ1) is 34.5. The maximum absolute atomic E-state index is 2.43. The molecule has 1 aliphatic rings. The highest BCUT2D eigenvalue weighted by molar-refractivity contribution is 6.14. The third-order valence-electron chi connectivity index (χ3n) is 12.8. The van der Waals surface area contributed by atoms with Gasteiger partial charge >= 0.3 is 0 Å². The van der Waals surface area contributed by atoms with Crippen molar-refractivity contribution in [3.05, 3.63) is 230 Å². The summed E-state index contributed by atoms with van der Waals surface area (Å²) >= 11 is 0. The smallest absolute Gasteiger partial charge is 0.00988 e. The van der Waals surface area contributed by atoms with Crippen molar-refractivity contribution in [3.8, 4) is 33.4 Å². The van der Waals surface area contributed by atoms with E-state index in [0.29, 0.717) is 0 Å². The van der Waals surface area contributed by atoms with Gasteiger partial charge in [0.15, 0.2) is 0 Å². The Morgan fingerprint density at radius 3 is 1.28 bits per heavy atom. The van der Waals surface area contributed by atoms with E-state index in [1.807, 2.05) is 0 Å². The Kier molecular flexibility index (Phi) is 8.10. The summed E-state index contributed by atoms with van der Waals surface area (Å²) in [6.07, 6.45) is 6.93. The molecular weight excluding hydrogens is 721 g/mol. The van der Waals surface area contributed by atoms with E-state index < -0.39 is 0 Å². The van der Waals surface area contributed by atoms with Crippen molar-refractivity contribution in [1.82, 2.24) is 0 Å². The van der Waals surface area contributed by atoms with Crippen LogP contribution in [-0.4, -0.2) is 0 Å². The summed E-state index contributed by atoms with van der Waals surface area (Å²) in [6.45, 7) is 0. The molecule has 1 aliphatic carbocycles. The first-order valence-electron chi connectivity index (χ1n) is 21.1. The van der Waals surface area contributed by atoms with Crippen LogP contribution in [-0.2, 0) is 0 Å². The molecule has 0 saturated carbocycles. The average Bonchev–Trinajstić information content (AvgIpc) is 3.33. The summed E-state index contributed by atoms with van der Waals surface area (Å²) in [4.78, 5) is 0. The SMILES string of the molecule is C1=C(c2ccc3cc(-c4ccc5cc(-c6cccc(-c7cc8ccccc8c8ccccc78)c6)ccc5c4)ccc3c2)C=C(c2cc3ccccc3c3ccccc23)CC1. The molecule has 0 heteroatoms. The predicted octanol–water partition coefficient (Wildman–Crippen LogP) is 16.9. The minimum atomic E-state index is 1.04. The minimum absolute atomic E-state index is 1.04.